The molecule has 1 unspecified atom stereocenters. The van der Waals surface area contributed by atoms with E-state index in [1.54, 1.807) is 6.07 Å². The molecule has 0 aromatic heterocycles. The molecular formula is C11H14N4O4. The van der Waals surface area contributed by atoms with Crippen LogP contribution >= 0.6 is 0 Å². The molecule has 8 nitrogen and oxygen atoms in total. The minimum atomic E-state index is -0.731. The summed E-state index contributed by atoms with van der Waals surface area (Å²) in [4.78, 5) is 22.3. The van der Waals surface area contributed by atoms with Crippen LogP contribution < -0.4 is 5.32 Å². The van der Waals surface area contributed by atoms with Gasteiger partial charge >= 0.3 is 11.4 Å². The van der Waals surface area contributed by atoms with Crippen molar-refractivity contribution >= 4 is 11.4 Å². The maximum Gasteiger partial charge on any atom is 0.346 e. The van der Waals surface area contributed by atoms with Crippen molar-refractivity contribution in [1.82, 2.24) is 10.2 Å². The van der Waals surface area contributed by atoms with Gasteiger partial charge in [-0.25, -0.2) is 0 Å². The summed E-state index contributed by atoms with van der Waals surface area (Å²) in [6, 6.07) is 4.08. The maximum atomic E-state index is 10.9. The molecule has 102 valence electrons. The molecular weight excluding hydrogens is 252 g/mol. The highest BCUT2D eigenvalue weighted by atomic mass is 16.6. The van der Waals surface area contributed by atoms with Gasteiger partial charge in [-0.2, -0.15) is 0 Å². The third-order valence-corrected chi connectivity index (χ3v) is 3.29. The van der Waals surface area contributed by atoms with Crippen molar-refractivity contribution in [2.24, 2.45) is 0 Å². The molecule has 1 saturated heterocycles. The Morgan fingerprint density at radius 3 is 2.53 bits per heavy atom. The Morgan fingerprint density at radius 1 is 1.26 bits per heavy atom. The van der Waals surface area contributed by atoms with Crippen molar-refractivity contribution in [3.05, 3.63) is 44.0 Å². The molecule has 1 aromatic rings. The molecule has 0 aliphatic carbocycles. The zero-order valence-corrected chi connectivity index (χ0v) is 10.4. The van der Waals surface area contributed by atoms with Gasteiger partial charge in [0.2, 0.25) is 0 Å². The molecule has 8 heteroatoms. The largest absolute Gasteiger partial charge is 0.346 e. The highest BCUT2D eigenvalue weighted by molar-refractivity contribution is 5.54. The summed E-state index contributed by atoms with van der Waals surface area (Å²) in [6.45, 7) is 2.36. The van der Waals surface area contributed by atoms with Crippen LogP contribution in [0.4, 0.5) is 11.4 Å². The summed E-state index contributed by atoms with van der Waals surface area (Å²) in [5.41, 5.74) is -0.214. The van der Waals surface area contributed by atoms with Crippen LogP contribution in [0.15, 0.2) is 18.2 Å². The van der Waals surface area contributed by atoms with E-state index in [-0.39, 0.29) is 6.04 Å². The number of hydrogen-bond acceptors (Lipinski definition) is 6. The van der Waals surface area contributed by atoms with Crippen molar-refractivity contribution < 1.29 is 9.85 Å². The van der Waals surface area contributed by atoms with Crippen molar-refractivity contribution in [3.8, 4) is 0 Å². The van der Waals surface area contributed by atoms with E-state index in [1.165, 1.54) is 12.1 Å². The summed E-state index contributed by atoms with van der Waals surface area (Å²) in [5.74, 6) is 0. The van der Waals surface area contributed by atoms with Gasteiger partial charge in [-0.05, 0) is 12.6 Å². The Morgan fingerprint density at radius 2 is 1.95 bits per heavy atom. The van der Waals surface area contributed by atoms with E-state index in [0.717, 1.165) is 13.1 Å². The monoisotopic (exact) mass is 266 g/mol. The Kier molecular flexibility index (Phi) is 3.72. The molecule has 1 fully saturated rings. The average Bonchev–Trinajstić information content (AvgIpc) is 2.38. The van der Waals surface area contributed by atoms with Crippen molar-refractivity contribution in [2.45, 2.75) is 6.04 Å². The van der Waals surface area contributed by atoms with Gasteiger partial charge in [-0.3, -0.25) is 25.1 Å². The highest BCUT2D eigenvalue weighted by Gasteiger charge is 2.28. The lowest BCUT2D eigenvalue weighted by molar-refractivity contribution is -0.422. The highest BCUT2D eigenvalue weighted by Crippen LogP contribution is 2.31. The number of rotatable bonds is 3. The predicted molar refractivity (Wildman–Crippen MR) is 68.0 cm³/mol. The molecule has 0 spiro atoms. The van der Waals surface area contributed by atoms with Gasteiger partial charge in [0.25, 0.3) is 0 Å². The molecule has 1 aliphatic heterocycles. The molecule has 1 N–H and O–H groups in total. The third-order valence-electron chi connectivity index (χ3n) is 3.29. The molecule has 0 radical (unpaired) electrons. The molecule has 19 heavy (non-hydrogen) atoms. The van der Waals surface area contributed by atoms with Crippen molar-refractivity contribution in [1.29, 1.82) is 0 Å². The normalized spacial score (nSPS) is 20.2. The molecule has 2 rings (SSSR count). The van der Waals surface area contributed by atoms with Crippen LogP contribution in [0.5, 0.6) is 0 Å². The number of nitrogens with zero attached hydrogens (tertiary/aromatic N) is 3. The Hall–Kier alpha value is -2.06. The van der Waals surface area contributed by atoms with Gasteiger partial charge < -0.3 is 5.32 Å². The van der Waals surface area contributed by atoms with Gasteiger partial charge in [0, 0.05) is 37.8 Å². The van der Waals surface area contributed by atoms with Crippen LogP contribution in [0.3, 0.4) is 0 Å². The van der Waals surface area contributed by atoms with Gasteiger partial charge in [0.15, 0.2) is 0 Å². The van der Waals surface area contributed by atoms with Gasteiger partial charge in [-0.15, -0.1) is 0 Å². The van der Waals surface area contributed by atoms with E-state index in [0.29, 0.717) is 12.1 Å². The number of likely N-dealkylation sites (N-methyl/N-ethyl adjacent to an activating group) is 1. The molecule has 1 atom stereocenters. The maximum absolute atomic E-state index is 10.9. The number of nitro benzene ring substituents is 2. The van der Waals surface area contributed by atoms with Gasteiger partial charge in [0.1, 0.15) is 0 Å². The van der Waals surface area contributed by atoms with Crippen LogP contribution in [-0.4, -0.2) is 41.4 Å². The molecule has 0 bridgehead atoms. The fourth-order valence-corrected chi connectivity index (χ4v) is 2.23. The second-order valence-electron chi connectivity index (χ2n) is 4.46. The SMILES string of the molecule is CN1CCNCC1c1ccc([N+](=O)[O-])c([N+](=O)[O-])c1. The smallest absolute Gasteiger partial charge is 0.314 e. The third kappa shape index (κ3) is 2.69. The summed E-state index contributed by atoms with van der Waals surface area (Å²) in [6.07, 6.45) is 0. The second-order valence-corrected chi connectivity index (χ2v) is 4.46. The Bertz CT molecular complexity index is 519. The first-order valence-corrected chi connectivity index (χ1v) is 5.84. The number of nitrogens with one attached hydrogen (secondary N) is 1. The zero-order chi connectivity index (χ0) is 14.0. The van der Waals surface area contributed by atoms with Crippen molar-refractivity contribution in [3.63, 3.8) is 0 Å². The van der Waals surface area contributed by atoms with Crippen LogP contribution in [-0.2, 0) is 0 Å². The number of hydrogen-bond donors (Lipinski definition) is 1. The number of nitro groups is 2. The second kappa shape index (κ2) is 5.29. The quantitative estimate of drug-likeness (QED) is 0.648. The topological polar surface area (TPSA) is 102 Å². The predicted octanol–water partition coefficient (Wildman–Crippen LogP) is 1.08. The molecule has 1 aliphatic rings. The summed E-state index contributed by atoms with van der Waals surface area (Å²) < 4.78 is 0. The molecule has 1 aromatic carbocycles. The average molecular weight is 266 g/mol. The Balaban J connectivity index is 2.40. The number of benzene rings is 1. The van der Waals surface area contributed by atoms with Crippen LogP contribution in [0.1, 0.15) is 11.6 Å². The first kappa shape index (κ1) is 13.4. The fourth-order valence-electron chi connectivity index (χ4n) is 2.23. The lowest BCUT2D eigenvalue weighted by Gasteiger charge is -2.33. The van der Waals surface area contributed by atoms with Crippen LogP contribution in [0, 0.1) is 20.2 Å². The van der Waals surface area contributed by atoms with E-state index in [4.69, 9.17) is 0 Å². The molecule has 0 amide bonds. The van der Waals surface area contributed by atoms with E-state index in [2.05, 4.69) is 10.2 Å². The van der Waals surface area contributed by atoms with Crippen molar-refractivity contribution in [2.75, 3.05) is 26.7 Å². The van der Waals surface area contributed by atoms with Crippen LogP contribution in [0.25, 0.3) is 0 Å². The van der Waals surface area contributed by atoms with E-state index in [1.807, 2.05) is 7.05 Å². The summed E-state index contributed by atoms with van der Waals surface area (Å²) in [7, 11) is 1.93. The minimum Gasteiger partial charge on any atom is -0.314 e. The van der Waals surface area contributed by atoms with E-state index in [9.17, 15) is 20.2 Å². The minimum absolute atomic E-state index is 0.00625. The summed E-state index contributed by atoms with van der Waals surface area (Å²) >= 11 is 0. The standard InChI is InChI=1S/C11H14N4O4/c1-13-5-4-12-7-11(13)8-2-3-9(14(16)17)10(6-8)15(18)19/h2-3,6,11-12H,4-5,7H2,1H3. The first-order chi connectivity index (χ1) is 9.00. The summed E-state index contributed by atoms with van der Waals surface area (Å²) in [5, 5.41) is 24.9. The molecule has 1 heterocycles. The number of piperazine rings is 1. The van der Waals surface area contributed by atoms with E-state index < -0.39 is 21.2 Å². The first-order valence-electron chi connectivity index (χ1n) is 5.84. The fraction of sp³-hybridized carbons (Fsp3) is 0.455. The van der Waals surface area contributed by atoms with Crippen LogP contribution in [0.2, 0.25) is 0 Å². The lowest BCUT2D eigenvalue weighted by atomic mass is 10.0. The molecule has 0 saturated carbocycles. The van der Waals surface area contributed by atoms with Gasteiger partial charge in [0.05, 0.1) is 9.85 Å². The van der Waals surface area contributed by atoms with Gasteiger partial charge in [-0.1, -0.05) is 6.07 Å². The lowest BCUT2D eigenvalue weighted by Crippen LogP contribution is -2.43. The zero-order valence-electron chi connectivity index (χ0n) is 10.4. The Labute approximate surface area is 109 Å². The van der Waals surface area contributed by atoms with E-state index >= 15 is 0 Å².